The molecule has 4 N–H and O–H groups in total. The molecule has 1 aromatic rings. The van der Waals surface area contributed by atoms with Gasteiger partial charge in [0.2, 0.25) is 11.8 Å². The number of nitrogens with zero attached hydrogens (tertiary/aromatic N) is 2. The van der Waals surface area contributed by atoms with E-state index in [9.17, 15) is 14.7 Å². The normalized spacial score (nSPS) is 18.2. The van der Waals surface area contributed by atoms with Gasteiger partial charge in [0, 0.05) is 32.3 Å². The van der Waals surface area contributed by atoms with Gasteiger partial charge in [0.05, 0.1) is 6.04 Å². The Balaban J connectivity index is 2.04. The van der Waals surface area contributed by atoms with Gasteiger partial charge < -0.3 is 26.0 Å². The third-order valence-corrected chi connectivity index (χ3v) is 6.22. The van der Waals surface area contributed by atoms with Gasteiger partial charge in [-0.2, -0.15) is 0 Å². The molecular formula is C25H42N4O3. The fourth-order valence-corrected chi connectivity index (χ4v) is 4.26. The molecular weight excluding hydrogens is 404 g/mol. The minimum atomic E-state index is -0.640. The highest BCUT2D eigenvalue weighted by atomic mass is 16.3. The minimum Gasteiger partial charge on any atom is -0.396 e. The van der Waals surface area contributed by atoms with E-state index in [0.717, 1.165) is 58.3 Å². The fraction of sp³-hybridized carbons (Fsp3) is 0.680. The van der Waals surface area contributed by atoms with Crippen LogP contribution in [0.15, 0.2) is 30.3 Å². The van der Waals surface area contributed by atoms with E-state index in [1.54, 1.807) is 6.92 Å². The van der Waals surface area contributed by atoms with Crippen molar-refractivity contribution in [2.24, 2.45) is 11.7 Å². The highest BCUT2D eigenvalue weighted by molar-refractivity contribution is 5.90. The Morgan fingerprint density at radius 1 is 1.19 bits per heavy atom. The molecule has 2 rings (SSSR count). The molecule has 0 aliphatic carbocycles. The van der Waals surface area contributed by atoms with Crippen LogP contribution in [0.3, 0.4) is 0 Å². The predicted molar refractivity (Wildman–Crippen MR) is 128 cm³/mol. The number of nitrogens with two attached hydrogens (primary N) is 1. The monoisotopic (exact) mass is 446 g/mol. The molecule has 1 aromatic carbocycles. The first-order valence-corrected chi connectivity index (χ1v) is 12.1. The Bertz CT molecular complexity index is 696. The summed E-state index contributed by atoms with van der Waals surface area (Å²) < 4.78 is 0. The molecule has 0 bridgehead atoms. The van der Waals surface area contributed by atoms with Crippen LogP contribution in [-0.4, -0.2) is 77.6 Å². The number of rotatable bonds is 13. The van der Waals surface area contributed by atoms with Gasteiger partial charge in [-0.3, -0.25) is 9.59 Å². The lowest BCUT2D eigenvalue weighted by molar-refractivity contribution is -0.138. The first kappa shape index (κ1) is 26.3. The lowest BCUT2D eigenvalue weighted by Crippen LogP contribution is -2.56. The summed E-state index contributed by atoms with van der Waals surface area (Å²) in [5, 5.41) is 12.1. The number of nitrogens with one attached hydrogen (secondary N) is 1. The molecule has 1 heterocycles. The van der Waals surface area contributed by atoms with Crippen LogP contribution in [0.2, 0.25) is 0 Å². The first-order valence-electron chi connectivity index (χ1n) is 12.1. The number of likely N-dealkylation sites (tertiary alicyclic amines) is 1. The van der Waals surface area contributed by atoms with Gasteiger partial charge in [0.25, 0.3) is 0 Å². The van der Waals surface area contributed by atoms with Crippen LogP contribution in [0.4, 0.5) is 0 Å². The molecule has 0 unspecified atom stereocenters. The number of unbranched alkanes of at least 4 members (excludes halogenated alkanes) is 1. The Labute approximate surface area is 193 Å². The number of hydrogen-bond acceptors (Lipinski definition) is 5. The Morgan fingerprint density at radius 2 is 1.91 bits per heavy atom. The van der Waals surface area contributed by atoms with E-state index in [1.807, 2.05) is 24.8 Å². The number of carbonyl (C=O) groups is 2. The zero-order chi connectivity index (χ0) is 23.5. The summed E-state index contributed by atoms with van der Waals surface area (Å²) >= 11 is 0. The number of aliphatic hydroxyl groups is 1. The van der Waals surface area contributed by atoms with E-state index < -0.39 is 12.1 Å². The standard InChI is InChI=1S/C25H42N4O3/c1-19(2)23(27-24(31)20(3)26)25(32)29-15-9-12-22(29)18-28(14-7-8-17-30)16-13-21-10-5-4-6-11-21/h4-6,10-11,19-20,22-23,30H,7-9,12-18,26H2,1-3H3,(H,27,31)/t20-,22-,23-/m0/s1. The van der Waals surface area contributed by atoms with E-state index >= 15 is 0 Å². The minimum absolute atomic E-state index is 0.00475. The van der Waals surface area contributed by atoms with Crippen molar-refractivity contribution >= 4 is 11.8 Å². The number of benzene rings is 1. The van der Waals surface area contributed by atoms with Crippen molar-refractivity contribution < 1.29 is 14.7 Å². The third-order valence-electron chi connectivity index (χ3n) is 6.22. The van der Waals surface area contributed by atoms with Crippen molar-refractivity contribution in [2.45, 2.75) is 71.0 Å². The molecule has 7 nitrogen and oxygen atoms in total. The summed E-state index contributed by atoms with van der Waals surface area (Å²) in [6, 6.07) is 9.38. The van der Waals surface area contributed by atoms with Crippen molar-refractivity contribution in [3.05, 3.63) is 35.9 Å². The average molecular weight is 447 g/mol. The van der Waals surface area contributed by atoms with Crippen molar-refractivity contribution in [1.82, 2.24) is 15.1 Å². The Hall–Kier alpha value is -1.96. The molecule has 180 valence electrons. The molecule has 0 saturated carbocycles. The van der Waals surface area contributed by atoms with Crippen LogP contribution in [0.5, 0.6) is 0 Å². The number of hydrogen-bond donors (Lipinski definition) is 3. The SMILES string of the molecule is CC(C)[C@H](NC(=O)[C@H](C)N)C(=O)N1CCC[C@H]1CN(CCCCO)CCc1ccccc1. The smallest absolute Gasteiger partial charge is 0.245 e. The van der Waals surface area contributed by atoms with Crippen LogP contribution in [0.25, 0.3) is 0 Å². The Morgan fingerprint density at radius 3 is 2.53 bits per heavy atom. The molecule has 32 heavy (non-hydrogen) atoms. The average Bonchev–Trinajstić information content (AvgIpc) is 3.23. The van der Waals surface area contributed by atoms with Gasteiger partial charge in [-0.1, -0.05) is 44.2 Å². The summed E-state index contributed by atoms with van der Waals surface area (Å²) in [6.07, 6.45) is 4.63. The second kappa shape index (κ2) is 13.6. The molecule has 7 heteroatoms. The van der Waals surface area contributed by atoms with Crippen LogP contribution in [0, 0.1) is 5.92 Å². The zero-order valence-electron chi connectivity index (χ0n) is 20.0. The van der Waals surface area contributed by atoms with Crippen molar-refractivity contribution in [1.29, 1.82) is 0 Å². The molecule has 1 fully saturated rings. The molecule has 1 aliphatic rings. The van der Waals surface area contributed by atoms with Crippen LogP contribution < -0.4 is 11.1 Å². The van der Waals surface area contributed by atoms with E-state index in [-0.39, 0.29) is 30.4 Å². The van der Waals surface area contributed by atoms with Gasteiger partial charge >= 0.3 is 0 Å². The van der Waals surface area contributed by atoms with E-state index in [2.05, 4.69) is 34.5 Å². The van der Waals surface area contributed by atoms with Crippen LogP contribution in [0.1, 0.15) is 52.0 Å². The molecule has 0 aromatic heterocycles. The summed E-state index contributed by atoms with van der Waals surface area (Å²) in [7, 11) is 0. The topological polar surface area (TPSA) is 98.9 Å². The number of amides is 2. The summed E-state index contributed by atoms with van der Waals surface area (Å²) in [5.74, 6) is -0.304. The highest BCUT2D eigenvalue weighted by Crippen LogP contribution is 2.22. The van der Waals surface area contributed by atoms with Gasteiger partial charge in [-0.25, -0.2) is 0 Å². The molecule has 0 radical (unpaired) electrons. The maximum absolute atomic E-state index is 13.4. The Kier molecular flexibility index (Phi) is 11.1. The third kappa shape index (κ3) is 8.19. The molecule has 1 saturated heterocycles. The van der Waals surface area contributed by atoms with Crippen molar-refractivity contribution in [3.63, 3.8) is 0 Å². The molecule has 0 spiro atoms. The van der Waals surface area contributed by atoms with Gasteiger partial charge in [0.1, 0.15) is 6.04 Å². The van der Waals surface area contributed by atoms with Gasteiger partial charge in [-0.15, -0.1) is 0 Å². The highest BCUT2D eigenvalue weighted by Gasteiger charge is 2.36. The van der Waals surface area contributed by atoms with Crippen molar-refractivity contribution in [3.8, 4) is 0 Å². The predicted octanol–water partition coefficient (Wildman–Crippen LogP) is 1.78. The first-order chi connectivity index (χ1) is 15.3. The molecule has 1 aliphatic heterocycles. The summed E-state index contributed by atoms with van der Waals surface area (Å²) in [5.41, 5.74) is 7.01. The van der Waals surface area contributed by atoms with Crippen molar-refractivity contribution in [2.75, 3.05) is 32.8 Å². The second-order valence-corrected chi connectivity index (χ2v) is 9.31. The maximum atomic E-state index is 13.4. The largest absolute Gasteiger partial charge is 0.396 e. The maximum Gasteiger partial charge on any atom is 0.245 e. The van der Waals surface area contributed by atoms with Crippen LogP contribution in [-0.2, 0) is 16.0 Å². The number of carbonyl (C=O) groups excluding carboxylic acids is 2. The zero-order valence-corrected chi connectivity index (χ0v) is 20.0. The van der Waals surface area contributed by atoms with Gasteiger partial charge in [0.15, 0.2) is 0 Å². The summed E-state index contributed by atoms with van der Waals surface area (Å²) in [4.78, 5) is 29.9. The lowest BCUT2D eigenvalue weighted by Gasteiger charge is -2.34. The van der Waals surface area contributed by atoms with E-state index in [1.165, 1.54) is 5.56 Å². The van der Waals surface area contributed by atoms with E-state index in [4.69, 9.17) is 5.73 Å². The summed E-state index contributed by atoms with van der Waals surface area (Å²) in [6.45, 7) is 9.11. The number of aliphatic hydroxyl groups excluding tert-OH is 1. The lowest BCUT2D eigenvalue weighted by atomic mass is 10.0. The fourth-order valence-electron chi connectivity index (χ4n) is 4.26. The second-order valence-electron chi connectivity index (χ2n) is 9.31. The van der Waals surface area contributed by atoms with Gasteiger partial charge in [-0.05, 0) is 57.1 Å². The van der Waals surface area contributed by atoms with Crippen LogP contribution >= 0.6 is 0 Å². The quantitative estimate of drug-likeness (QED) is 0.401. The molecule has 3 atom stereocenters. The molecule has 2 amide bonds. The van der Waals surface area contributed by atoms with E-state index in [0.29, 0.717) is 0 Å².